The number of thiazole rings is 1. The van der Waals surface area contributed by atoms with Crippen molar-refractivity contribution in [2.75, 3.05) is 13.7 Å². The van der Waals surface area contributed by atoms with Gasteiger partial charge in [-0.05, 0) is 24.3 Å². The lowest BCUT2D eigenvalue weighted by Crippen LogP contribution is -2.19. The van der Waals surface area contributed by atoms with Gasteiger partial charge in [0.1, 0.15) is 0 Å². The van der Waals surface area contributed by atoms with E-state index >= 15 is 0 Å². The number of nitro benzene ring substituents is 1. The topological polar surface area (TPSA) is 86.7 Å². The SMILES string of the molecule is COCCn1c(=NC(=O)c2cc3cc([N+](=O)[O-])ccc3s2)sc2ccccc21. The van der Waals surface area contributed by atoms with Crippen molar-refractivity contribution in [1.29, 1.82) is 0 Å². The Bertz CT molecular complexity index is 1270. The van der Waals surface area contributed by atoms with Crippen LogP contribution < -0.4 is 4.80 Å². The monoisotopic (exact) mass is 413 g/mol. The minimum Gasteiger partial charge on any atom is -0.383 e. The Hall–Kier alpha value is -2.88. The Morgan fingerprint density at radius 3 is 2.79 bits per heavy atom. The molecule has 0 bridgehead atoms. The van der Waals surface area contributed by atoms with Gasteiger partial charge in [-0.15, -0.1) is 11.3 Å². The van der Waals surface area contributed by atoms with Crippen molar-refractivity contribution in [2.24, 2.45) is 4.99 Å². The molecule has 4 rings (SSSR count). The second kappa shape index (κ2) is 7.63. The fourth-order valence-electron chi connectivity index (χ4n) is 2.90. The van der Waals surface area contributed by atoms with Crippen LogP contribution in [0.15, 0.2) is 53.5 Å². The standard InChI is InChI=1S/C19H15N3O4S2/c1-26-9-8-21-14-4-2-3-5-16(14)28-19(21)20-18(23)17-11-12-10-13(22(24)25)6-7-15(12)27-17/h2-7,10-11H,8-9H2,1H3. The summed E-state index contributed by atoms with van der Waals surface area (Å²) >= 11 is 2.73. The number of aromatic nitrogens is 1. The van der Waals surface area contributed by atoms with Gasteiger partial charge in [-0.1, -0.05) is 23.5 Å². The van der Waals surface area contributed by atoms with Crippen molar-refractivity contribution in [3.8, 4) is 0 Å². The lowest BCUT2D eigenvalue weighted by Gasteiger charge is -2.03. The van der Waals surface area contributed by atoms with Crippen molar-refractivity contribution < 1.29 is 14.5 Å². The number of amides is 1. The molecule has 0 saturated heterocycles. The predicted octanol–water partition coefficient (Wildman–Crippen LogP) is 4.21. The first-order valence-corrected chi connectivity index (χ1v) is 10.0. The average Bonchev–Trinajstić information content (AvgIpc) is 3.26. The number of nitrogens with zero attached hydrogens (tertiary/aromatic N) is 3. The number of benzene rings is 2. The maximum absolute atomic E-state index is 12.8. The van der Waals surface area contributed by atoms with Gasteiger partial charge in [0.05, 0.1) is 26.6 Å². The highest BCUT2D eigenvalue weighted by molar-refractivity contribution is 7.21. The number of carbonyl (C=O) groups excluding carboxylic acids is 1. The molecule has 2 heterocycles. The van der Waals surface area contributed by atoms with E-state index in [1.807, 2.05) is 28.8 Å². The molecule has 0 atom stereocenters. The summed E-state index contributed by atoms with van der Waals surface area (Å²) in [5.74, 6) is -0.360. The summed E-state index contributed by atoms with van der Waals surface area (Å²) in [6, 6.07) is 14.1. The summed E-state index contributed by atoms with van der Waals surface area (Å²) in [5, 5.41) is 11.6. The predicted molar refractivity (Wildman–Crippen MR) is 110 cm³/mol. The number of non-ortho nitro benzene ring substituents is 1. The van der Waals surface area contributed by atoms with Gasteiger partial charge in [-0.3, -0.25) is 14.9 Å². The van der Waals surface area contributed by atoms with Crippen LogP contribution in [0.1, 0.15) is 9.67 Å². The van der Waals surface area contributed by atoms with Crippen LogP contribution in [0, 0.1) is 10.1 Å². The molecule has 2 aromatic heterocycles. The van der Waals surface area contributed by atoms with E-state index in [1.165, 1.54) is 34.8 Å². The summed E-state index contributed by atoms with van der Waals surface area (Å²) < 4.78 is 9.01. The van der Waals surface area contributed by atoms with E-state index in [1.54, 1.807) is 19.2 Å². The third kappa shape index (κ3) is 3.47. The second-order valence-electron chi connectivity index (χ2n) is 6.00. The zero-order chi connectivity index (χ0) is 19.7. The number of para-hydroxylation sites is 1. The Balaban J connectivity index is 1.77. The highest BCUT2D eigenvalue weighted by Crippen LogP contribution is 2.29. The Labute approximate surface area is 167 Å². The van der Waals surface area contributed by atoms with E-state index < -0.39 is 4.92 Å². The van der Waals surface area contributed by atoms with Gasteiger partial charge >= 0.3 is 0 Å². The Kier molecular flexibility index (Phi) is 5.03. The largest absolute Gasteiger partial charge is 0.383 e. The molecule has 0 unspecified atom stereocenters. The number of hydrogen-bond acceptors (Lipinski definition) is 6. The number of ether oxygens (including phenoxy) is 1. The van der Waals surface area contributed by atoms with Crippen LogP contribution in [0.5, 0.6) is 0 Å². The third-order valence-electron chi connectivity index (χ3n) is 4.23. The lowest BCUT2D eigenvalue weighted by molar-refractivity contribution is -0.384. The highest BCUT2D eigenvalue weighted by Gasteiger charge is 2.14. The van der Waals surface area contributed by atoms with Gasteiger partial charge in [0, 0.05) is 35.9 Å². The van der Waals surface area contributed by atoms with Crippen LogP contribution in [0.2, 0.25) is 0 Å². The molecule has 9 heteroatoms. The van der Waals surface area contributed by atoms with Gasteiger partial charge < -0.3 is 9.30 Å². The van der Waals surface area contributed by atoms with Crippen molar-refractivity contribution in [3.63, 3.8) is 0 Å². The summed E-state index contributed by atoms with van der Waals surface area (Å²) in [4.78, 5) is 28.7. The Morgan fingerprint density at radius 1 is 1.18 bits per heavy atom. The number of fused-ring (bicyclic) bond motifs is 2. The number of rotatable bonds is 5. The smallest absolute Gasteiger partial charge is 0.289 e. The van der Waals surface area contributed by atoms with Crippen molar-refractivity contribution >= 4 is 54.6 Å². The van der Waals surface area contributed by atoms with Crippen molar-refractivity contribution in [2.45, 2.75) is 6.54 Å². The molecule has 2 aromatic carbocycles. The molecule has 0 N–H and O–H groups in total. The second-order valence-corrected chi connectivity index (χ2v) is 8.10. The lowest BCUT2D eigenvalue weighted by atomic mass is 10.2. The minimum atomic E-state index is -0.446. The van der Waals surface area contributed by atoms with E-state index in [4.69, 9.17) is 4.74 Å². The fraction of sp³-hybridized carbons (Fsp3) is 0.158. The van der Waals surface area contributed by atoms with Crippen LogP contribution in [0.25, 0.3) is 20.3 Å². The number of carbonyl (C=O) groups is 1. The molecule has 0 fully saturated rings. The zero-order valence-electron chi connectivity index (χ0n) is 14.8. The maximum atomic E-state index is 12.8. The molecule has 28 heavy (non-hydrogen) atoms. The third-order valence-corrected chi connectivity index (χ3v) is 6.39. The van der Waals surface area contributed by atoms with E-state index in [9.17, 15) is 14.9 Å². The molecule has 4 aromatic rings. The number of hydrogen-bond donors (Lipinski definition) is 0. The molecule has 0 aliphatic carbocycles. The molecule has 7 nitrogen and oxygen atoms in total. The molecule has 0 radical (unpaired) electrons. The first-order valence-electron chi connectivity index (χ1n) is 8.41. The highest BCUT2D eigenvalue weighted by atomic mass is 32.1. The van der Waals surface area contributed by atoms with Crippen LogP contribution >= 0.6 is 22.7 Å². The summed E-state index contributed by atoms with van der Waals surface area (Å²) in [5.41, 5.74) is 1.01. The number of methoxy groups -OCH3 is 1. The Morgan fingerprint density at radius 2 is 2.00 bits per heavy atom. The minimum absolute atomic E-state index is 0.00292. The zero-order valence-corrected chi connectivity index (χ0v) is 16.5. The van der Waals surface area contributed by atoms with Crippen LogP contribution in [0.3, 0.4) is 0 Å². The summed E-state index contributed by atoms with van der Waals surface area (Å²) in [7, 11) is 1.63. The van der Waals surface area contributed by atoms with Gasteiger partial charge in [-0.25, -0.2) is 0 Å². The first kappa shape index (κ1) is 18.5. The molecule has 0 aliphatic rings. The first-order chi connectivity index (χ1) is 13.6. The van der Waals surface area contributed by atoms with Crippen LogP contribution in [-0.4, -0.2) is 29.1 Å². The fourth-order valence-corrected chi connectivity index (χ4v) is 4.88. The van der Waals surface area contributed by atoms with Gasteiger partial charge in [0.15, 0.2) is 4.80 Å². The van der Waals surface area contributed by atoms with Gasteiger partial charge in [0.25, 0.3) is 11.6 Å². The van der Waals surface area contributed by atoms with E-state index in [-0.39, 0.29) is 11.6 Å². The molecule has 0 aliphatic heterocycles. The van der Waals surface area contributed by atoms with Crippen molar-refractivity contribution in [1.82, 2.24) is 4.57 Å². The van der Waals surface area contributed by atoms with E-state index in [2.05, 4.69) is 4.99 Å². The molecular formula is C19H15N3O4S2. The van der Waals surface area contributed by atoms with Crippen LogP contribution in [-0.2, 0) is 11.3 Å². The number of thiophene rings is 1. The average molecular weight is 413 g/mol. The van der Waals surface area contributed by atoms with E-state index in [0.29, 0.717) is 28.2 Å². The molecule has 0 saturated carbocycles. The molecular weight excluding hydrogens is 398 g/mol. The molecule has 0 spiro atoms. The summed E-state index contributed by atoms with van der Waals surface area (Å²) in [6.45, 7) is 1.10. The quantitative estimate of drug-likeness (QED) is 0.362. The normalized spacial score (nSPS) is 12.1. The van der Waals surface area contributed by atoms with E-state index in [0.717, 1.165) is 14.9 Å². The maximum Gasteiger partial charge on any atom is 0.289 e. The van der Waals surface area contributed by atoms with Gasteiger partial charge in [-0.2, -0.15) is 4.99 Å². The summed E-state index contributed by atoms with van der Waals surface area (Å²) in [6.07, 6.45) is 0. The number of nitro groups is 1. The van der Waals surface area contributed by atoms with Crippen molar-refractivity contribution in [3.05, 3.63) is 68.3 Å². The molecule has 142 valence electrons. The molecule has 1 amide bonds. The van der Waals surface area contributed by atoms with Crippen LogP contribution in [0.4, 0.5) is 5.69 Å². The van der Waals surface area contributed by atoms with Gasteiger partial charge in [0.2, 0.25) is 0 Å².